The van der Waals surface area contributed by atoms with E-state index in [9.17, 15) is 34.4 Å². The lowest BCUT2D eigenvalue weighted by Crippen LogP contribution is -2.37. The maximum atomic E-state index is 12.7. The number of rotatable bonds is 35. The van der Waals surface area contributed by atoms with Gasteiger partial charge in [-0.15, -0.1) is 0 Å². The van der Waals surface area contributed by atoms with E-state index in [2.05, 4.69) is 6.92 Å². The van der Waals surface area contributed by atoms with Crippen molar-refractivity contribution < 1.29 is 57.4 Å². The highest BCUT2D eigenvalue weighted by molar-refractivity contribution is 7.45. The monoisotopic (exact) mass is 799 g/mol. The van der Waals surface area contributed by atoms with Gasteiger partial charge in [0.15, 0.2) is 6.10 Å². The van der Waals surface area contributed by atoms with Crippen LogP contribution in [0.2, 0.25) is 0 Å². The second-order valence-electron chi connectivity index (χ2n) is 14.8. The van der Waals surface area contributed by atoms with Crippen LogP contribution in [0, 0.1) is 0 Å². The summed E-state index contributed by atoms with van der Waals surface area (Å²) in [5.41, 5.74) is 0. The van der Waals surface area contributed by atoms with E-state index in [4.69, 9.17) is 18.5 Å². The molecule has 0 rings (SSSR count). The van der Waals surface area contributed by atoms with Gasteiger partial charge in [-0.25, -0.2) is 0 Å². The van der Waals surface area contributed by atoms with E-state index >= 15 is 0 Å². The number of hydrogen-bond donors (Lipinski definition) is 3. The number of hydrogen-bond acceptors (Lipinski definition) is 11. The first-order valence-corrected chi connectivity index (χ1v) is 21.8. The number of carbonyl (C=O) groups excluding carboxylic acids is 2. The van der Waals surface area contributed by atoms with Crippen molar-refractivity contribution in [3.05, 3.63) is 60.8 Å². The van der Waals surface area contributed by atoms with Crippen LogP contribution in [0.4, 0.5) is 0 Å². The summed E-state index contributed by atoms with van der Waals surface area (Å²) in [6, 6.07) is 0. The lowest BCUT2D eigenvalue weighted by molar-refractivity contribution is -0.870. The molecule has 0 saturated heterocycles. The average Bonchev–Trinajstić information content (AvgIpc) is 3.12. The Labute approximate surface area is 332 Å². The Morgan fingerprint density at radius 3 is 1.87 bits per heavy atom. The number of nitrogens with zero attached hydrogens (tertiary/aromatic N) is 1. The zero-order chi connectivity index (χ0) is 41.2. The Hall–Kier alpha value is -2.41. The Kier molecular flexibility index (Phi) is 32.2. The number of likely N-dealkylation sites (N-methyl/N-ethyl adjacent to an activating group) is 1. The van der Waals surface area contributed by atoms with Crippen molar-refractivity contribution in [1.29, 1.82) is 0 Å². The SMILES string of the molecule is CC/C=C\C[C@H](O)/C=C/C=C/C=C\C=C/[C@@H](O)[C@H](O)CCCC(=O)O[C@H](COC(=O)CCCCCCCCCCCCC)COP(=O)([O-])OCC[N+](C)(C)C. The number of phosphoric ester groups is 1. The van der Waals surface area contributed by atoms with Crippen molar-refractivity contribution in [3.63, 3.8) is 0 Å². The Morgan fingerprint density at radius 2 is 1.27 bits per heavy atom. The van der Waals surface area contributed by atoms with Gasteiger partial charge in [-0.05, 0) is 32.1 Å². The van der Waals surface area contributed by atoms with Crippen LogP contribution in [0.15, 0.2) is 60.8 Å². The molecule has 0 fully saturated rings. The molecule has 318 valence electrons. The van der Waals surface area contributed by atoms with Crippen LogP contribution in [-0.2, 0) is 32.7 Å². The van der Waals surface area contributed by atoms with E-state index in [0.29, 0.717) is 23.9 Å². The van der Waals surface area contributed by atoms with Gasteiger partial charge in [0.1, 0.15) is 19.8 Å². The summed E-state index contributed by atoms with van der Waals surface area (Å²) in [4.78, 5) is 37.4. The van der Waals surface area contributed by atoms with Crippen molar-refractivity contribution >= 4 is 19.8 Å². The number of carbonyl (C=O) groups is 2. The van der Waals surface area contributed by atoms with Gasteiger partial charge < -0.3 is 43.2 Å². The van der Waals surface area contributed by atoms with Gasteiger partial charge in [0.05, 0.1) is 46.1 Å². The number of phosphoric acid groups is 1. The highest BCUT2D eigenvalue weighted by Crippen LogP contribution is 2.38. The van der Waals surface area contributed by atoms with Gasteiger partial charge in [0.25, 0.3) is 7.82 Å². The minimum atomic E-state index is -4.72. The van der Waals surface area contributed by atoms with Crippen LogP contribution in [0.1, 0.15) is 123 Å². The van der Waals surface area contributed by atoms with Crippen LogP contribution in [-0.4, -0.2) is 104 Å². The fourth-order valence-electron chi connectivity index (χ4n) is 5.05. The third-order valence-electron chi connectivity index (χ3n) is 8.39. The molecule has 0 heterocycles. The molecular formula is C42H74NO11P. The molecular weight excluding hydrogens is 725 g/mol. The lowest BCUT2D eigenvalue weighted by Gasteiger charge is -2.28. The van der Waals surface area contributed by atoms with Crippen molar-refractivity contribution in [2.75, 3.05) is 47.5 Å². The Bertz CT molecular complexity index is 1180. The second-order valence-corrected chi connectivity index (χ2v) is 16.3. The van der Waals surface area contributed by atoms with Crippen LogP contribution in [0.25, 0.3) is 0 Å². The molecule has 0 spiro atoms. The molecule has 13 heteroatoms. The zero-order valence-corrected chi connectivity index (χ0v) is 35.3. The predicted molar refractivity (Wildman–Crippen MR) is 217 cm³/mol. The third-order valence-corrected chi connectivity index (χ3v) is 9.36. The summed E-state index contributed by atoms with van der Waals surface area (Å²) in [5, 5.41) is 30.5. The molecule has 3 N–H and O–H groups in total. The normalized spacial score (nSPS) is 16.0. The van der Waals surface area contributed by atoms with Gasteiger partial charge in [-0.1, -0.05) is 139 Å². The first-order valence-electron chi connectivity index (χ1n) is 20.3. The molecule has 0 aromatic carbocycles. The molecule has 0 amide bonds. The Balaban J connectivity index is 4.78. The van der Waals surface area contributed by atoms with Crippen LogP contribution < -0.4 is 4.89 Å². The molecule has 0 bridgehead atoms. The lowest BCUT2D eigenvalue weighted by atomic mass is 10.1. The van der Waals surface area contributed by atoms with Crippen molar-refractivity contribution in [1.82, 2.24) is 0 Å². The summed E-state index contributed by atoms with van der Waals surface area (Å²) in [7, 11) is 0.938. The number of unbranched alkanes of at least 4 members (excludes halogenated alkanes) is 10. The first kappa shape index (κ1) is 52.6. The topological polar surface area (TPSA) is 172 Å². The van der Waals surface area contributed by atoms with Gasteiger partial charge >= 0.3 is 11.9 Å². The number of quaternary nitrogens is 1. The van der Waals surface area contributed by atoms with Gasteiger partial charge in [-0.3, -0.25) is 14.2 Å². The fraction of sp³-hybridized carbons (Fsp3) is 0.714. The predicted octanol–water partition coefficient (Wildman–Crippen LogP) is 7.18. The highest BCUT2D eigenvalue weighted by Gasteiger charge is 2.22. The van der Waals surface area contributed by atoms with Crippen LogP contribution in [0.3, 0.4) is 0 Å². The molecule has 0 aliphatic carbocycles. The molecule has 1 unspecified atom stereocenters. The minimum absolute atomic E-state index is 0.0930. The number of allylic oxidation sites excluding steroid dienone is 7. The third kappa shape index (κ3) is 35.7. The standard InChI is InChI=1S/C42H74NO11P/c1-6-8-10-11-12-13-14-15-16-21-25-31-41(47)51-35-38(36-53-55(49,50)52-34-33-43(3,4)5)54-42(48)32-26-30-40(46)39(45)29-24-20-18-17-19-23-28-37(44)27-22-9-7-2/h9,17-20,22-24,28-29,37-40,44-46H,6-8,10-16,21,25-27,30-36H2,1-5H3/b19-17+,20-18-,22-9-,28-23+,29-24-/t37-,38+,39+,40+/m0/s1. The van der Waals surface area contributed by atoms with Gasteiger partial charge in [-0.2, -0.15) is 0 Å². The van der Waals surface area contributed by atoms with E-state index in [1.807, 2.05) is 40.2 Å². The Morgan fingerprint density at radius 1 is 0.709 bits per heavy atom. The van der Waals surface area contributed by atoms with Gasteiger partial charge in [0, 0.05) is 12.8 Å². The molecule has 0 aliphatic rings. The van der Waals surface area contributed by atoms with Crippen LogP contribution in [0.5, 0.6) is 0 Å². The van der Waals surface area contributed by atoms with E-state index < -0.39 is 50.8 Å². The van der Waals surface area contributed by atoms with E-state index in [0.717, 1.165) is 25.7 Å². The quantitative estimate of drug-likeness (QED) is 0.0148. The van der Waals surface area contributed by atoms with E-state index in [-0.39, 0.29) is 38.9 Å². The molecule has 0 aromatic rings. The number of aliphatic hydroxyl groups is 3. The molecule has 12 nitrogen and oxygen atoms in total. The maximum absolute atomic E-state index is 12.7. The van der Waals surface area contributed by atoms with Gasteiger partial charge in [0.2, 0.25) is 0 Å². The summed E-state index contributed by atoms with van der Waals surface area (Å²) < 4.78 is 33.5. The largest absolute Gasteiger partial charge is 0.756 e. The molecule has 0 saturated carbocycles. The molecule has 5 atom stereocenters. The molecule has 0 aromatic heterocycles. The van der Waals surface area contributed by atoms with Crippen molar-refractivity contribution in [3.8, 4) is 0 Å². The number of esters is 2. The first-order chi connectivity index (χ1) is 26.2. The van der Waals surface area contributed by atoms with E-state index in [1.165, 1.54) is 51.0 Å². The summed E-state index contributed by atoms with van der Waals surface area (Å²) in [6.07, 6.45) is 27.7. The van der Waals surface area contributed by atoms with Crippen molar-refractivity contribution in [2.24, 2.45) is 0 Å². The minimum Gasteiger partial charge on any atom is -0.756 e. The number of aliphatic hydroxyl groups excluding tert-OH is 3. The summed E-state index contributed by atoms with van der Waals surface area (Å²) in [5.74, 6) is -1.17. The molecule has 0 aliphatic heterocycles. The second kappa shape index (κ2) is 33.7. The summed E-state index contributed by atoms with van der Waals surface area (Å²) >= 11 is 0. The fourth-order valence-corrected chi connectivity index (χ4v) is 5.78. The van der Waals surface area contributed by atoms with Crippen LogP contribution >= 0.6 is 7.82 Å². The average molecular weight is 800 g/mol. The van der Waals surface area contributed by atoms with Crippen molar-refractivity contribution in [2.45, 2.75) is 147 Å². The highest BCUT2D eigenvalue weighted by atomic mass is 31.2. The maximum Gasteiger partial charge on any atom is 0.306 e. The number of ether oxygens (including phenoxy) is 2. The molecule has 0 radical (unpaired) electrons. The molecule has 55 heavy (non-hydrogen) atoms. The smallest absolute Gasteiger partial charge is 0.306 e. The van der Waals surface area contributed by atoms with E-state index in [1.54, 1.807) is 42.5 Å². The zero-order valence-electron chi connectivity index (χ0n) is 34.4. The summed E-state index contributed by atoms with van der Waals surface area (Å²) in [6.45, 7) is 3.59.